The first kappa shape index (κ1) is 24.1. The lowest BCUT2D eigenvalue weighted by Crippen LogP contribution is -2.27. The number of hydrogen-bond donors (Lipinski definition) is 2. The van der Waals surface area contributed by atoms with Crippen molar-refractivity contribution in [1.82, 2.24) is 9.88 Å². The molecule has 0 aliphatic heterocycles. The Morgan fingerprint density at radius 1 is 1.09 bits per heavy atom. The van der Waals surface area contributed by atoms with Crippen LogP contribution in [0.2, 0.25) is 0 Å². The fourth-order valence-electron chi connectivity index (χ4n) is 3.66. The van der Waals surface area contributed by atoms with Gasteiger partial charge in [0.1, 0.15) is 17.3 Å². The van der Waals surface area contributed by atoms with E-state index >= 15 is 0 Å². The van der Waals surface area contributed by atoms with E-state index in [0.717, 1.165) is 5.76 Å². The number of H-pyrrole nitrogens is 1. The number of ether oxygens (including phenoxy) is 1. The number of aryl methyl sites for hydroxylation is 1. The molecule has 0 atom stereocenters. The molecule has 4 rings (SSSR count). The minimum absolute atomic E-state index is 0.0516. The molecule has 0 saturated carbocycles. The molecule has 0 spiro atoms. The highest BCUT2D eigenvalue weighted by atomic mass is 32.2. The number of furan rings is 1. The Morgan fingerprint density at radius 3 is 2.49 bits per heavy atom. The number of amides is 1. The summed E-state index contributed by atoms with van der Waals surface area (Å²) in [6, 6.07) is 15.5. The molecule has 2 aromatic heterocycles. The largest absolute Gasteiger partial charge is 0.494 e. The summed E-state index contributed by atoms with van der Waals surface area (Å²) in [5.74, 6) is 1.50. The number of nitrogens with zero attached hydrogens (tertiary/aromatic N) is 1. The predicted molar refractivity (Wildman–Crippen MR) is 132 cm³/mol. The highest BCUT2D eigenvalue weighted by molar-refractivity contribution is 7.92. The molecule has 1 amide bonds. The summed E-state index contributed by atoms with van der Waals surface area (Å²) in [7, 11) is -2.39. The second-order valence-corrected chi connectivity index (χ2v) is 9.67. The summed E-state index contributed by atoms with van der Waals surface area (Å²) in [5, 5.41) is 0.312. The third-order valence-electron chi connectivity index (χ3n) is 5.31. The Morgan fingerprint density at radius 2 is 1.83 bits per heavy atom. The predicted octanol–water partition coefficient (Wildman–Crippen LogP) is 3.90. The number of carbonyl (C=O) groups excluding carboxylic acids is 1. The monoisotopic (exact) mass is 495 g/mol. The average molecular weight is 496 g/mol. The third-order valence-corrected chi connectivity index (χ3v) is 6.69. The van der Waals surface area contributed by atoms with E-state index in [0.29, 0.717) is 34.7 Å². The maximum atomic E-state index is 13.2. The van der Waals surface area contributed by atoms with Crippen molar-refractivity contribution in [2.45, 2.75) is 25.3 Å². The number of pyridine rings is 1. The number of anilines is 1. The first-order chi connectivity index (χ1) is 16.7. The molecule has 0 saturated heterocycles. The van der Waals surface area contributed by atoms with Gasteiger partial charge >= 0.3 is 0 Å². The fraction of sp³-hybridized carbons (Fsp3) is 0.200. The van der Waals surface area contributed by atoms with Crippen LogP contribution in [0, 0.1) is 6.92 Å². The Bertz CT molecular complexity index is 1540. The molecule has 182 valence electrons. The summed E-state index contributed by atoms with van der Waals surface area (Å²) in [6.45, 7) is 4.36. The summed E-state index contributed by atoms with van der Waals surface area (Å²) in [6.07, 6.45) is 0. The van der Waals surface area contributed by atoms with Gasteiger partial charge in [0.2, 0.25) is 5.56 Å². The standard InChI is InChI=1S/C25H25N3O6S/c1-4-33-18-9-6-17(7-10-18)27-35(31,32)20-11-12-23-21(13-20)22(14-24(29)26-23)25(30)28(3)15-19-8-5-16(2)34-19/h5-14,27H,4,15H2,1-3H3,(H,26,29). The number of aromatic nitrogens is 1. The van der Waals surface area contributed by atoms with Crippen LogP contribution in [0.15, 0.2) is 74.8 Å². The molecule has 35 heavy (non-hydrogen) atoms. The maximum Gasteiger partial charge on any atom is 0.261 e. The Balaban J connectivity index is 1.66. The summed E-state index contributed by atoms with van der Waals surface area (Å²) >= 11 is 0. The van der Waals surface area contributed by atoms with Gasteiger partial charge in [-0.15, -0.1) is 0 Å². The molecule has 0 fully saturated rings. The van der Waals surface area contributed by atoms with Crippen LogP contribution in [0.5, 0.6) is 5.75 Å². The van der Waals surface area contributed by atoms with Crippen LogP contribution in [0.4, 0.5) is 5.69 Å². The second kappa shape index (κ2) is 9.67. The van der Waals surface area contributed by atoms with Gasteiger partial charge < -0.3 is 19.0 Å². The van der Waals surface area contributed by atoms with Gasteiger partial charge in [0, 0.05) is 29.7 Å². The fourth-order valence-corrected chi connectivity index (χ4v) is 4.74. The summed E-state index contributed by atoms with van der Waals surface area (Å²) in [5.41, 5.74) is 0.335. The quantitative estimate of drug-likeness (QED) is 0.382. The molecule has 4 aromatic rings. The molecule has 0 aliphatic rings. The van der Waals surface area contributed by atoms with E-state index in [-0.39, 0.29) is 17.0 Å². The zero-order chi connectivity index (χ0) is 25.2. The van der Waals surface area contributed by atoms with Gasteiger partial charge in [-0.3, -0.25) is 14.3 Å². The lowest BCUT2D eigenvalue weighted by Gasteiger charge is -2.17. The minimum atomic E-state index is -3.97. The zero-order valence-electron chi connectivity index (χ0n) is 19.5. The number of hydrogen-bond acceptors (Lipinski definition) is 6. The molecule has 0 radical (unpaired) electrons. The van der Waals surface area contributed by atoms with Crippen LogP contribution < -0.4 is 15.0 Å². The van der Waals surface area contributed by atoms with E-state index in [1.165, 1.54) is 29.2 Å². The second-order valence-electron chi connectivity index (χ2n) is 7.99. The first-order valence-corrected chi connectivity index (χ1v) is 12.4. The number of aromatic amines is 1. The van der Waals surface area contributed by atoms with E-state index in [4.69, 9.17) is 9.15 Å². The molecular formula is C25H25N3O6S. The normalized spacial score (nSPS) is 11.4. The smallest absolute Gasteiger partial charge is 0.261 e. The van der Waals surface area contributed by atoms with Crippen molar-refractivity contribution in [2.24, 2.45) is 0 Å². The molecule has 2 aromatic carbocycles. The van der Waals surface area contributed by atoms with Crippen molar-refractivity contribution in [1.29, 1.82) is 0 Å². The van der Waals surface area contributed by atoms with Crippen molar-refractivity contribution in [3.8, 4) is 5.75 Å². The van der Waals surface area contributed by atoms with Crippen molar-refractivity contribution >= 4 is 32.5 Å². The van der Waals surface area contributed by atoms with Crippen LogP contribution in [-0.2, 0) is 16.6 Å². The topological polar surface area (TPSA) is 122 Å². The number of fused-ring (bicyclic) bond motifs is 1. The van der Waals surface area contributed by atoms with Crippen molar-refractivity contribution < 1.29 is 22.4 Å². The molecule has 9 nitrogen and oxygen atoms in total. The number of nitrogens with one attached hydrogen (secondary N) is 2. The highest BCUT2D eigenvalue weighted by Gasteiger charge is 2.21. The molecule has 0 aliphatic carbocycles. The first-order valence-electron chi connectivity index (χ1n) is 10.9. The number of sulfonamides is 1. The van der Waals surface area contributed by atoms with Crippen LogP contribution in [0.1, 0.15) is 28.8 Å². The lowest BCUT2D eigenvalue weighted by atomic mass is 10.1. The minimum Gasteiger partial charge on any atom is -0.494 e. The molecule has 0 unspecified atom stereocenters. The van der Waals surface area contributed by atoms with Gasteiger partial charge in [0.25, 0.3) is 15.9 Å². The van der Waals surface area contributed by atoms with E-state index < -0.39 is 21.5 Å². The zero-order valence-corrected chi connectivity index (χ0v) is 20.3. The molecule has 0 bridgehead atoms. The van der Waals surface area contributed by atoms with Crippen molar-refractivity contribution in [2.75, 3.05) is 18.4 Å². The number of benzene rings is 2. The lowest BCUT2D eigenvalue weighted by molar-refractivity contribution is 0.0776. The van der Waals surface area contributed by atoms with Crippen molar-refractivity contribution in [3.63, 3.8) is 0 Å². The van der Waals surface area contributed by atoms with Gasteiger partial charge in [0.15, 0.2) is 0 Å². The van der Waals surface area contributed by atoms with E-state index in [2.05, 4.69) is 9.71 Å². The number of carbonyl (C=O) groups is 1. The SMILES string of the molecule is CCOc1ccc(NS(=O)(=O)c2ccc3[nH]c(=O)cc(C(=O)N(C)Cc4ccc(C)o4)c3c2)cc1. The third kappa shape index (κ3) is 5.38. The van der Waals surface area contributed by atoms with Crippen LogP contribution >= 0.6 is 0 Å². The van der Waals surface area contributed by atoms with Gasteiger partial charge in [-0.1, -0.05) is 0 Å². The van der Waals surface area contributed by atoms with Gasteiger partial charge in [0.05, 0.1) is 23.6 Å². The van der Waals surface area contributed by atoms with Crippen molar-refractivity contribution in [3.05, 3.63) is 88.1 Å². The van der Waals surface area contributed by atoms with Crippen LogP contribution in [0.3, 0.4) is 0 Å². The van der Waals surface area contributed by atoms with Gasteiger partial charge in [-0.25, -0.2) is 8.42 Å². The van der Waals surface area contributed by atoms with Gasteiger partial charge in [-0.2, -0.15) is 0 Å². The van der Waals surface area contributed by atoms with Gasteiger partial charge in [-0.05, 0) is 68.4 Å². The Labute approximate surface area is 202 Å². The summed E-state index contributed by atoms with van der Waals surface area (Å²) in [4.78, 5) is 29.4. The van der Waals surface area contributed by atoms with E-state index in [9.17, 15) is 18.0 Å². The Hall–Kier alpha value is -4.05. The van der Waals surface area contributed by atoms with E-state index in [1.54, 1.807) is 50.4 Å². The summed E-state index contributed by atoms with van der Waals surface area (Å²) < 4.78 is 39.6. The molecule has 10 heteroatoms. The van der Waals surface area contributed by atoms with E-state index in [1.807, 2.05) is 6.92 Å². The highest BCUT2D eigenvalue weighted by Crippen LogP contribution is 2.24. The van der Waals surface area contributed by atoms with Crippen LogP contribution in [0.25, 0.3) is 10.9 Å². The maximum absolute atomic E-state index is 13.2. The van der Waals surface area contributed by atoms with Crippen LogP contribution in [-0.4, -0.2) is 37.9 Å². The average Bonchev–Trinajstić information content (AvgIpc) is 3.23. The Kier molecular flexibility index (Phi) is 6.65. The molecule has 2 N–H and O–H groups in total. The molecular weight excluding hydrogens is 470 g/mol. The number of rotatable bonds is 8. The molecule has 2 heterocycles.